The van der Waals surface area contributed by atoms with E-state index in [1.165, 1.54) is 17.7 Å². The lowest BCUT2D eigenvalue weighted by Crippen LogP contribution is -2.16. The van der Waals surface area contributed by atoms with E-state index in [9.17, 15) is 13.2 Å². The summed E-state index contributed by atoms with van der Waals surface area (Å²) in [6.45, 7) is 6.70. The van der Waals surface area contributed by atoms with E-state index < -0.39 is 6.36 Å². The molecular weight excluding hydrogens is 686 g/mol. The van der Waals surface area contributed by atoms with Gasteiger partial charge in [-0.3, -0.25) is 0 Å². The van der Waals surface area contributed by atoms with Crippen LogP contribution in [0.3, 0.4) is 0 Å². The largest absolute Gasteiger partial charge is 0.573 e. The van der Waals surface area contributed by atoms with Gasteiger partial charge in [0.05, 0.1) is 0 Å². The zero-order valence-corrected chi connectivity index (χ0v) is 30.7. The normalized spacial score (nSPS) is 12.2. The minimum absolute atomic E-state index is 0.0491. The molecule has 0 spiro atoms. The first-order valence-corrected chi connectivity index (χ1v) is 18.5. The first kappa shape index (κ1) is 34.4. The molecule has 0 aliphatic heterocycles. The maximum Gasteiger partial charge on any atom is 0.573 e. The van der Waals surface area contributed by atoms with Crippen LogP contribution in [0.1, 0.15) is 26.3 Å². The van der Waals surface area contributed by atoms with Crippen molar-refractivity contribution in [2.75, 3.05) is 0 Å². The number of alkyl halides is 3. The monoisotopic (exact) mass is 722 g/mol. The Morgan fingerprint density at radius 2 is 0.800 bits per heavy atom. The quantitative estimate of drug-likeness (QED) is 0.161. The Bertz CT molecular complexity index is 2890. The van der Waals surface area contributed by atoms with Crippen LogP contribution in [0.25, 0.3) is 87.6 Å². The second-order valence-electron chi connectivity index (χ2n) is 15.2. The van der Waals surface area contributed by atoms with Gasteiger partial charge in [-0.15, -0.1) is 13.2 Å². The van der Waals surface area contributed by atoms with Crippen molar-refractivity contribution in [3.05, 3.63) is 175 Å². The molecule has 0 amide bonds. The van der Waals surface area contributed by atoms with E-state index in [-0.39, 0.29) is 11.2 Å². The molecule has 0 aromatic heterocycles. The number of halogens is 3. The summed E-state index contributed by atoms with van der Waals surface area (Å²) in [7, 11) is 0. The smallest absolute Gasteiger partial charge is 0.406 e. The molecule has 4 heteroatoms. The van der Waals surface area contributed by atoms with Crippen LogP contribution in [0.2, 0.25) is 0 Å². The molecule has 0 unspecified atom stereocenters. The van der Waals surface area contributed by atoms with Gasteiger partial charge in [0.15, 0.2) is 0 Å². The molecule has 0 heterocycles. The van der Waals surface area contributed by atoms with Crippen LogP contribution >= 0.6 is 0 Å². The summed E-state index contributed by atoms with van der Waals surface area (Å²) in [4.78, 5) is 0. The van der Waals surface area contributed by atoms with Crippen LogP contribution in [0.15, 0.2) is 170 Å². The average molecular weight is 723 g/mol. The average Bonchev–Trinajstić information content (AvgIpc) is 3.19. The van der Waals surface area contributed by atoms with E-state index in [4.69, 9.17) is 0 Å². The summed E-state index contributed by atoms with van der Waals surface area (Å²) in [5.41, 5.74) is 9.81. The molecule has 0 saturated carbocycles. The van der Waals surface area contributed by atoms with Gasteiger partial charge < -0.3 is 4.74 Å². The standard InChI is InChI=1S/C51H37F3O/c1-50(2,3)38-24-18-32(19-25-38)36-22-28-44-46(30-36)48(42-16-8-12-34-10-4-6-14-40(34)42)45-29-23-37(33-20-26-39(27-21-33)55-51(52,53)54)31-47(45)49(44)43-17-9-13-35-11-5-7-15-41(35)43/h4-31H,1-3H3. The van der Waals surface area contributed by atoms with Crippen LogP contribution in [-0.2, 0) is 5.41 Å². The third-order valence-electron chi connectivity index (χ3n) is 10.7. The molecule has 0 atom stereocenters. The van der Waals surface area contributed by atoms with Crippen molar-refractivity contribution in [2.24, 2.45) is 0 Å². The van der Waals surface area contributed by atoms with Crippen LogP contribution in [0, 0.1) is 0 Å². The predicted octanol–water partition coefficient (Wildman–Crippen LogP) is 15.2. The van der Waals surface area contributed by atoms with Crippen LogP contribution in [-0.4, -0.2) is 6.36 Å². The minimum Gasteiger partial charge on any atom is -0.406 e. The molecule has 9 rings (SSSR count). The van der Waals surface area contributed by atoms with E-state index in [2.05, 4.69) is 171 Å². The van der Waals surface area contributed by atoms with E-state index in [1.807, 2.05) is 0 Å². The summed E-state index contributed by atoms with van der Waals surface area (Å²) in [5.74, 6) is -0.249. The number of fused-ring (bicyclic) bond motifs is 4. The van der Waals surface area contributed by atoms with Gasteiger partial charge in [0.2, 0.25) is 0 Å². The second-order valence-corrected chi connectivity index (χ2v) is 15.2. The third kappa shape index (κ3) is 6.38. The van der Waals surface area contributed by atoms with Crippen molar-refractivity contribution in [3.63, 3.8) is 0 Å². The summed E-state index contributed by atoms with van der Waals surface area (Å²) in [6.07, 6.45) is -4.76. The van der Waals surface area contributed by atoms with E-state index in [0.29, 0.717) is 0 Å². The predicted molar refractivity (Wildman–Crippen MR) is 224 cm³/mol. The molecule has 9 aromatic rings. The Hall–Kier alpha value is -6.39. The number of ether oxygens (including phenoxy) is 1. The molecule has 0 N–H and O–H groups in total. The number of hydrogen-bond acceptors (Lipinski definition) is 1. The Balaban J connectivity index is 1.38. The molecule has 0 saturated heterocycles. The van der Waals surface area contributed by atoms with Crippen molar-refractivity contribution in [2.45, 2.75) is 32.5 Å². The summed E-state index contributed by atoms with van der Waals surface area (Å²) in [6, 6.07) is 58.2. The zero-order valence-electron chi connectivity index (χ0n) is 30.7. The van der Waals surface area contributed by atoms with Gasteiger partial charge in [0.25, 0.3) is 0 Å². The van der Waals surface area contributed by atoms with E-state index >= 15 is 0 Å². The van der Waals surface area contributed by atoms with Crippen LogP contribution in [0.5, 0.6) is 5.75 Å². The molecule has 268 valence electrons. The summed E-state index contributed by atoms with van der Waals surface area (Å²) in [5, 5.41) is 9.02. The van der Waals surface area contributed by atoms with Gasteiger partial charge in [-0.2, -0.15) is 0 Å². The molecule has 0 aliphatic rings. The second kappa shape index (κ2) is 13.2. The van der Waals surface area contributed by atoms with Gasteiger partial charge in [0, 0.05) is 0 Å². The molecule has 1 nitrogen and oxygen atoms in total. The Labute approximate surface area is 318 Å². The molecular formula is C51H37F3O. The lowest BCUT2D eigenvalue weighted by atomic mass is 9.82. The third-order valence-corrected chi connectivity index (χ3v) is 10.7. The lowest BCUT2D eigenvalue weighted by Gasteiger charge is -2.22. The molecule has 9 aromatic carbocycles. The van der Waals surface area contributed by atoms with Crippen molar-refractivity contribution in [1.29, 1.82) is 0 Å². The highest BCUT2D eigenvalue weighted by Gasteiger charge is 2.31. The van der Waals surface area contributed by atoms with Crippen molar-refractivity contribution < 1.29 is 17.9 Å². The lowest BCUT2D eigenvalue weighted by molar-refractivity contribution is -0.274. The molecule has 0 fully saturated rings. The van der Waals surface area contributed by atoms with Crippen molar-refractivity contribution >= 4 is 43.1 Å². The maximum atomic E-state index is 13.0. The van der Waals surface area contributed by atoms with Crippen molar-refractivity contribution in [3.8, 4) is 50.3 Å². The van der Waals surface area contributed by atoms with E-state index in [0.717, 1.165) is 87.6 Å². The molecule has 0 aliphatic carbocycles. The number of benzene rings is 9. The summed E-state index contributed by atoms with van der Waals surface area (Å²) >= 11 is 0. The fourth-order valence-corrected chi connectivity index (χ4v) is 8.07. The Morgan fingerprint density at radius 3 is 1.25 bits per heavy atom. The first-order chi connectivity index (χ1) is 26.5. The SMILES string of the molecule is CC(C)(C)c1ccc(-c2ccc3c(-c4cccc5ccccc45)c4cc(-c5ccc(OC(F)(F)F)cc5)ccc4c(-c4cccc5ccccc45)c3c2)cc1. The van der Waals surface area contributed by atoms with E-state index in [1.54, 1.807) is 12.1 Å². The van der Waals surface area contributed by atoms with Crippen molar-refractivity contribution in [1.82, 2.24) is 0 Å². The van der Waals surface area contributed by atoms with Gasteiger partial charge in [-0.1, -0.05) is 166 Å². The van der Waals surface area contributed by atoms with Gasteiger partial charge in [-0.25, -0.2) is 0 Å². The number of rotatable bonds is 5. The fraction of sp³-hybridized carbons (Fsp3) is 0.0980. The molecule has 0 bridgehead atoms. The first-order valence-electron chi connectivity index (χ1n) is 18.5. The van der Waals surface area contributed by atoms with Gasteiger partial charge in [0.1, 0.15) is 5.75 Å². The van der Waals surface area contributed by atoms with Gasteiger partial charge in [-0.05, 0) is 123 Å². The maximum absolute atomic E-state index is 13.0. The topological polar surface area (TPSA) is 9.23 Å². The highest BCUT2D eigenvalue weighted by molar-refractivity contribution is 6.26. The van der Waals surface area contributed by atoms with Crippen LogP contribution in [0.4, 0.5) is 13.2 Å². The Kier molecular flexibility index (Phi) is 8.24. The Morgan fingerprint density at radius 1 is 0.382 bits per heavy atom. The number of hydrogen-bond donors (Lipinski definition) is 0. The highest BCUT2D eigenvalue weighted by Crippen LogP contribution is 2.48. The fourth-order valence-electron chi connectivity index (χ4n) is 8.07. The zero-order chi connectivity index (χ0) is 37.9. The highest BCUT2D eigenvalue weighted by atomic mass is 19.4. The molecule has 55 heavy (non-hydrogen) atoms. The van der Waals surface area contributed by atoms with Crippen LogP contribution < -0.4 is 4.74 Å². The summed E-state index contributed by atoms with van der Waals surface area (Å²) < 4.78 is 43.2. The van der Waals surface area contributed by atoms with Gasteiger partial charge >= 0.3 is 6.36 Å². The molecule has 0 radical (unpaired) electrons. The minimum atomic E-state index is -4.76.